The van der Waals surface area contributed by atoms with Crippen LogP contribution >= 0.6 is 11.6 Å². The molecule has 0 spiro atoms. The van der Waals surface area contributed by atoms with Gasteiger partial charge in [0.2, 0.25) is 0 Å². The minimum atomic E-state index is -2.40. The van der Waals surface area contributed by atoms with E-state index in [4.69, 9.17) is 16.3 Å². The number of fused-ring (bicyclic) bond motifs is 1. The molecule has 0 aliphatic heterocycles. The molecule has 0 atom stereocenters. The fourth-order valence-corrected chi connectivity index (χ4v) is 6.59. The number of pyridine rings is 1. The van der Waals surface area contributed by atoms with Gasteiger partial charge in [0.15, 0.2) is 0 Å². The van der Waals surface area contributed by atoms with Crippen molar-refractivity contribution in [2.24, 2.45) is 0 Å². The molecule has 2 aromatic rings. The van der Waals surface area contributed by atoms with Crippen LogP contribution in [0.25, 0.3) is 11.0 Å². The normalized spacial score (nSPS) is 12.7. The van der Waals surface area contributed by atoms with Gasteiger partial charge in [-0.2, -0.15) is 0 Å². The topological polar surface area (TPSA) is 44.1 Å². The molecule has 0 aliphatic carbocycles. The van der Waals surface area contributed by atoms with Crippen molar-refractivity contribution < 1.29 is 9.53 Å². The third-order valence-electron chi connectivity index (χ3n) is 3.01. The van der Waals surface area contributed by atoms with Crippen molar-refractivity contribution in [2.75, 3.05) is 0 Å². The van der Waals surface area contributed by atoms with E-state index >= 15 is 0 Å². The van der Waals surface area contributed by atoms with Crippen LogP contribution < -0.4 is 3.58 Å². The van der Waals surface area contributed by atoms with Crippen LogP contribution in [0.15, 0.2) is 18.5 Å². The molecule has 0 bridgehead atoms. The Kier molecular flexibility index (Phi) is 4.32. The Bertz CT molecular complexity index is 696. The number of carbonyl (C=O) groups excluding carboxylic acids is 1. The van der Waals surface area contributed by atoms with Crippen LogP contribution in [0.5, 0.6) is 0 Å². The predicted octanol–water partition coefficient (Wildman–Crippen LogP) is 4.02. The molecular formula is C15H21ClN2O2Sn. The van der Waals surface area contributed by atoms with Crippen molar-refractivity contribution in [1.82, 2.24) is 9.55 Å². The van der Waals surface area contributed by atoms with Gasteiger partial charge in [-0.1, -0.05) is 0 Å². The van der Waals surface area contributed by atoms with Gasteiger partial charge in [-0.15, -0.1) is 0 Å². The summed E-state index contributed by atoms with van der Waals surface area (Å²) in [5.41, 5.74) is 0.0842. The second kappa shape index (κ2) is 5.46. The van der Waals surface area contributed by atoms with Gasteiger partial charge in [0.1, 0.15) is 0 Å². The molecule has 4 nitrogen and oxygen atoms in total. The van der Waals surface area contributed by atoms with Crippen LogP contribution in [0.3, 0.4) is 0 Å². The van der Waals surface area contributed by atoms with Crippen molar-refractivity contribution in [3.8, 4) is 0 Å². The summed E-state index contributed by atoms with van der Waals surface area (Å²) >= 11 is 3.67. The molecule has 0 N–H and O–H groups in total. The average Bonchev–Trinajstić information content (AvgIpc) is 2.64. The number of hydrogen-bond donors (Lipinski definition) is 0. The van der Waals surface area contributed by atoms with Crippen LogP contribution in [0, 0.1) is 0 Å². The summed E-state index contributed by atoms with van der Waals surface area (Å²) in [7, 11) is 0. The summed E-state index contributed by atoms with van der Waals surface area (Å²) in [6.45, 7) is 5.56. The van der Waals surface area contributed by atoms with Gasteiger partial charge in [0.05, 0.1) is 0 Å². The number of ether oxygens (including phenoxy) is 1. The Morgan fingerprint density at radius 3 is 2.48 bits per heavy atom. The van der Waals surface area contributed by atoms with Gasteiger partial charge in [-0.05, 0) is 0 Å². The van der Waals surface area contributed by atoms with Crippen LogP contribution in [-0.2, 0) is 4.74 Å². The molecular weight excluding hydrogens is 394 g/mol. The van der Waals surface area contributed by atoms with Gasteiger partial charge in [-0.25, -0.2) is 0 Å². The van der Waals surface area contributed by atoms with E-state index in [2.05, 4.69) is 19.8 Å². The Morgan fingerprint density at radius 1 is 1.33 bits per heavy atom. The molecule has 0 saturated carbocycles. The van der Waals surface area contributed by atoms with Crippen molar-refractivity contribution >= 4 is 50.7 Å². The number of hydrogen-bond acceptors (Lipinski definition) is 3. The summed E-state index contributed by atoms with van der Waals surface area (Å²) in [5, 5.41) is 1.55. The predicted molar refractivity (Wildman–Crippen MR) is 89.4 cm³/mol. The van der Waals surface area contributed by atoms with Crippen molar-refractivity contribution in [3.05, 3.63) is 23.5 Å². The Morgan fingerprint density at radius 2 is 1.95 bits per heavy atom. The summed E-state index contributed by atoms with van der Waals surface area (Å²) in [4.78, 5) is 23.6. The van der Waals surface area contributed by atoms with Gasteiger partial charge < -0.3 is 0 Å². The standard InChI is InChI=1S/C12H12ClN2O2.3CH3.Sn/c1-12(2,3)17-11(16)15-5-4-8-6-9(13)7-14-10(8)15;;;;/h5-7H,1-3H3;3*1H3;. The number of nitrogens with zero attached hydrogens (tertiary/aromatic N) is 2. The van der Waals surface area contributed by atoms with E-state index in [0.29, 0.717) is 10.7 Å². The molecule has 0 aliphatic rings. The molecule has 21 heavy (non-hydrogen) atoms. The average molecular weight is 416 g/mol. The number of carbonyl (C=O) groups is 1. The molecule has 2 aromatic heterocycles. The fourth-order valence-electron chi connectivity index (χ4n) is 2.13. The molecule has 114 valence electrons. The van der Waals surface area contributed by atoms with Crippen molar-refractivity contribution in [3.63, 3.8) is 0 Å². The third kappa shape index (κ3) is 3.72. The fraction of sp³-hybridized carbons (Fsp3) is 0.467. The van der Waals surface area contributed by atoms with Gasteiger partial charge in [0.25, 0.3) is 0 Å². The van der Waals surface area contributed by atoms with Gasteiger partial charge >= 0.3 is 134 Å². The van der Waals surface area contributed by atoms with E-state index in [1.165, 1.54) is 8.15 Å². The second-order valence-electron chi connectivity index (χ2n) is 7.17. The molecule has 0 unspecified atom stereocenters. The first kappa shape index (κ1) is 16.6. The molecule has 0 aromatic carbocycles. The molecule has 0 amide bonds. The van der Waals surface area contributed by atoms with Crippen molar-refractivity contribution in [1.29, 1.82) is 0 Å². The van der Waals surface area contributed by atoms with E-state index in [0.717, 1.165) is 5.39 Å². The molecule has 2 heterocycles. The quantitative estimate of drug-likeness (QED) is 0.661. The van der Waals surface area contributed by atoms with Gasteiger partial charge in [-0.3, -0.25) is 0 Å². The van der Waals surface area contributed by atoms with E-state index < -0.39 is 30.1 Å². The second-order valence-corrected chi connectivity index (χ2v) is 22.0. The zero-order valence-electron chi connectivity index (χ0n) is 13.3. The number of rotatable bonds is 1. The summed E-state index contributed by atoms with van der Waals surface area (Å²) < 4.78 is 8.19. The first-order valence-corrected chi connectivity index (χ1v) is 17.3. The molecule has 0 saturated heterocycles. The molecule has 0 radical (unpaired) electrons. The maximum absolute atomic E-state index is 12.4. The Balaban J connectivity index is 2.63. The Hall–Kier alpha value is -0.751. The van der Waals surface area contributed by atoms with Crippen molar-refractivity contribution in [2.45, 2.75) is 41.2 Å². The molecule has 2 rings (SSSR count). The monoisotopic (exact) mass is 416 g/mol. The zero-order valence-corrected chi connectivity index (χ0v) is 16.9. The van der Waals surface area contributed by atoms with Crippen LogP contribution in [0.4, 0.5) is 4.79 Å². The number of aromatic nitrogens is 2. The minimum absolute atomic E-state index is 0.399. The first-order valence-electron chi connectivity index (χ1n) is 6.89. The van der Waals surface area contributed by atoms with Crippen LogP contribution in [0.1, 0.15) is 20.8 Å². The first-order chi connectivity index (χ1) is 9.49. The summed E-state index contributed by atoms with van der Waals surface area (Å²) in [5.74, 6) is 0. The summed E-state index contributed by atoms with van der Waals surface area (Å²) in [6.07, 6.45) is 3.05. The van der Waals surface area contributed by atoms with Crippen LogP contribution in [0.2, 0.25) is 19.8 Å². The molecule has 0 fully saturated rings. The van der Waals surface area contributed by atoms with E-state index in [1.807, 2.05) is 33.0 Å². The SMILES string of the molecule is CC(C)(C)OC(=O)n1c[c]([Sn]([CH3])([CH3])[CH3])c2cc(Cl)cnc21. The summed E-state index contributed by atoms with van der Waals surface area (Å²) in [6, 6.07) is 1.89. The molecule has 6 heteroatoms. The van der Waals surface area contributed by atoms with E-state index in [1.54, 1.807) is 6.20 Å². The number of halogens is 1. The van der Waals surface area contributed by atoms with Gasteiger partial charge in [0, 0.05) is 0 Å². The van der Waals surface area contributed by atoms with E-state index in [-0.39, 0.29) is 0 Å². The third-order valence-corrected chi connectivity index (χ3v) is 8.96. The maximum atomic E-state index is 12.4. The Labute approximate surface area is 134 Å². The zero-order chi connectivity index (χ0) is 16.0. The van der Waals surface area contributed by atoms with E-state index in [9.17, 15) is 4.79 Å². The van der Waals surface area contributed by atoms with Crippen LogP contribution in [-0.4, -0.2) is 39.6 Å².